The van der Waals surface area contributed by atoms with Crippen molar-refractivity contribution < 1.29 is 23.8 Å². The molecule has 6 nitrogen and oxygen atoms in total. The molecule has 0 saturated carbocycles. The molecule has 0 bridgehead atoms. The third-order valence-corrected chi connectivity index (χ3v) is 3.77. The Bertz CT molecular complexity index is 990. The molecule has 0 amide bonds. The molecular weight excluding hydrogens is 336 g/mol. The fraction of sp³-hybridized carbons (Fsp3) is 0.200. The van der Waals surface area contributed by atoms with Gasteiger partial charge in [0.25, 0.3) is 0 Å². The summed E-state index contributed by atoms with van der Waals surface area (Å²) in [5.74, 6) is -0.226. The summed E-state index contributed by atoms with van der Waals surface area (Å²) in [6.45, 7) is 3.48. The summed E-state index contributed by atoms with van der Waals surface area (Å²) >= 11 is 0. The van der Waals surface area contributed by atoms with E-state index in [1.165, 1.54) is 25.1 Å². The van der Waals surface area contributed by atoms with E-state index in [0.29, 0.717) is 5.76 Å². The fourth-order valence-corrected chi connectivity index (χ4v) is 2.57. The summed E-state index contributed by atoms with van der Waals surface area (Å²) in [4.78, 5) is 24.1. The summed E-state index contributed by atoms with van der Waals surface area (Å²) in [6, 6.07) is 13.2. The van der Waals surface area contributed by atoms with Crippen LogP contribution in [-0.2, 0) is 9.53 Å². The second-order valence-electron chi connectivity index (χ2n) is 5.67. The summed E-state index contributed by atoms with van der Waals surface area (Å²) in [7, 11) is 0. The molecule has 0 aliphatic rings. The van der Waals surface area contributed by atoms with Gasteiger partial charge in [-0.1, -0.05) is 30.3 Å². The molecule has 2 aromatic carbocycles. The molecule has 0 spiro atoms. The van der Waals surface area contributed by atoms with Crippen LogP contribution in [0.3, 0.4) is 0 Å². The first-order valence-electron chi connectivity index (χ1n) is 8.19. The zero-order chi connectivity index (χ0) is 18.7. The van der Waals surface area contributed by atoms with Crippen molar-refractivity contribution in [1.82, 2.24) is 0 Å². The maximum atomic E-state index is 12.4. The van der Waals surface area contributed by atoms with Gasteiger partial charge in [0.15, 0.2) is 11.5 Å². The van der Waals surface area contributed by atoms with Crippen LogP contribution in [0.5, 0.6) is 11.5 Å². The third-order valence-electron chi connectivity index (χ3n) is 3.77. The molecule has 0 fully saturated rings. The van der Waals surface area contributed by atoms with Crippen LogP contribution in [0.25, 0.3) is 22.3 Å². The van der Waals surface area contributed by atoms with Crippen molar-refractivity contribution in [2.75, 3.05) is 6.61 Å². The first-order chi connectivity index (χ1) is 12.5. The monoisotopic (exact) mass is 354 g/mol. The van der Waals surface area contributed by atoms with E-state index in [2.05, 4.69) is 0 Å². The van der Waals surface area contributed by atoms with Crippen LogP contribution in [0, 0.1) is 0 Å². The Morgan fingerprint density at radius 2 is 1.92 bits per heavy atom. The lowest BCUT2D eigenvalue weighted by Crippen LogP contribution is -2.26. The van der Waals surface area contributed by atoms with Crippen molar-refractivity contribution in [3.8, 4) is 22.8 Å². The van der Waals surface area contributed by atoms with Crippen molar-refractivity contribution in [1.29, 1.82) is 0 Å². The lowest BCUT2D eigenvalue weighted by Gasteiger charge is -2.14. The second kappa shape index (κ2) is 7.31. The van der Waals surface area contributed by atoms with Crippen molar-refractivity contribution in [3.05, 3.63) is 58.8 Å². The number of hydrogen-bond donors (Lipinski definition) is 1. The molecule has 1 aromatic heterocycles. The zero-order valence-corrected chi connectivity index (χ0v) is 14.4. The van der Waals surface area contributed by atoms with Gasteiger partial charge in [0.1, 0.15) is 28.2 Å². The molecule has 0 radical (unpaired) electrons. The fourth-order valence-electron chi connectivity index (χ4n) is 2.57. The van der Waals surface area contributed by atoms with Crippen LogP contribution in [-0.4, -0.2) is 23.8 Å². The summed E-state index contributed by atoms with van der Waals surface area (Å²) in [5, 5.41) is 10.2. The molecule has 1 N–H and O–H groups in total. The minimum absolute atomic E-state index is 0.0563. The summed E-state index contributed by atoms with van der Waals surface area (Å²) < 4.78 is 16.2. The summed E-state index contributed by atoms with van der Waals surface area (Å²) in [5.41, 5.74) is 0.534. The van der Waals surface area contributed by atoms with Crippen molar-refractivity contribution in [2.45, 2.75) is 20.0 Å². The molecule has 134 valence electrons. The average molecular weight is 354 g/mol. The van der Waals surface area contributed by atoms with Gasteiger partial charge in [-0.25, -0.2) is 4.79 Å². The van der Waals surface area contributed by atoms with E-state index in [9.17, 15) is 14.7 Å². The Morgan fingerprint density at radius 1 is 1.19 bits per heavy atom. The molecule has 0 aliphatic heterocycles. The number of fused-ring (bicyclic) bond motifs is 1. The highest BCUT2D eigenvalue weighted by molar-refractivity contribution is 5.86. The third kappa shape index (κ3) is 3.54. The number of ether oxygens (including phenoxy) is 2. The first kappa shape index (κ1) is 17.5. The predicted molar refractivity (Wildman–Crippen MR) is 96.3 cm³/mol. The maximum absolute atomic E-state index is 12.4. The number of aromatic hydroxyl groups is 1. The van der Waals surface area contributed by atoms with Gasteiger partial charge >= 0.3 is 5.97 Å². The van der Waals surface area contributed by atoms with E-state index >= 15 is 0 Å². The molecule has 6 heteroatoms. The minimum Gasteiger partial charge on any atom is -0.507 e. The number of hydrogen-bond acceptors (Lipinski definition) is 6. The van der Waals surface area contributed by atoms with Crippen LogP contribution in [0.2, 0.25) is 0 Å². The number of benzene rings is 2. The van der Waals surface area contributed by atoms with Gasteiger partial charge in [-0.3, -0.25) is 4.79 Å². The standard InChI is InChI=1S/C20H18O6/c1-3-24-20(23)12(2)25-14-9-15(21)19-16(22)11-17(26-18(19)10-14)13-7-5-4-6-8-13/h4-12,21H,3H2,1-2H3/t12-/m1/s1. The molecule has 3 rings (SSSR count). The number of carbonyl (C=O) groups excluding carboxylic acids is 1. The van der Waals surface area contributed by atoms with Gasteiger partial charge < -0.3 is 19.0 Å². The van der Waals surface area contributed by atoms with Crippen LogP contribution >= 0.6 is 0 Å². The molecule has 0 unspecified atom stereocenters. The number of esters is 1. The quantitative estimate of drug-likeness (QED) is 0.706. The first-order valence-corrected chi connectivity index (χ1v) is 8.19. The number of phenolic OH excluding ortho intramolecular Hbond substituents is 1. The van der Waals surface area contributed by atoms with Crippen LogP contribution in [0.4, 0.5) is 0 Å². The highest BCUT2D eigenvalue weighted by Crippen LogP contribution is 2.31. The average Bonchev–Trinajstić information content (AvgIpc) is 2.62. The SMILES string of the molecule is CCOC(=O)[C@@H](C)Oc1cc(O)c2c(=O)cc(-c3ccccc3)oc2c1. The van der Waals surface area contributed by atoms with Gasteiger partial charge in [0, 0.05) is 23.8 Å². The minimum atomic E-state index is -0.865. The molecular formula is C20H18O6. The topological polar surface area (TPSA) is 86.0 Å². The Hall–Kier alpha value is -3.28. The van der Waals surface area contributed by atoms with Crippen LogP contribution in [0.15, 0.2) is 57.7 Å². The molecule has 0 saturated heterocycles. The van der Waals surface area contributed by atoms with Crippen molar-refractivity contribution >= 4 is 16.9 Å². The van der Waals surface area contributed by atoms with Gasteiger partial charge in [-0.2, -0.15) is 0 Å². The predicted octanol–water partition coefficient (Wildman–Crippen LogP) is 3.50. The van der Waals surface area contributed by atoms with Crippen LogP contribution < -0.4 is 10.2 Å². The Kier molecular flexibility index (Phi) is 4.93. The molecule has 26 heavy (non-hydrogen) atoms. The smallest absolute Gasteiger partial charge is 0.347 e. The van der Waals surface area contributed by atoms with E-state index in [4.69, 9.17) is 13.9 Å². The van der Waals surface area contributed by atoms with Crippen LogP contribution in [0.1, 0.15) is 13.8 Å². The maximum Gasteiger partial charge on any atom is 0.347 e. The normalized spacial score (nSPS) is 11.9. The second-order valence-corrected chi connectivity index (χ2v) is 5.67. The molecule has 0 aliphatic carbocycles. The number of phenols is 1. The highest BCUT2D eigenvalue weighted by atomic mass is 16.6. The Balaban J connectivity index is 2.03. The van der Waals surface area contributed by atoms with Gasteiger partial charge in [-0.05, 0) is 13.8 Å². The molecule has 1 atom stereocenters. The number of carbonyl (C=O) groups is 1. The lowest BCUT2D eigenvalue weighted by molar-refractivity contribution is -0.150. The van der Waals surface area contributed by atoms with E-state index in [-0.39, 0.29) is 34.5 Å². The van der Waals surface area contributed by atoms with Crippen molar-refractivity contribution in [2.24, 2.45) is 0 Å². The van der Waals surface area contributed by atoms with E-state index in [1.54, 1.807) is 6.92 Å². The molecule has 1 heterocycles. The van der Waals surface area contributed by atoms with E-state index < -0.39 is 12.1 Å². The summed E-state index contributed by atoms with van der Waals surface area (Å²) in [6.07, 6.45) is -0.865. The molecule has 3 aromatic rings. The zero-order valence-electron chi connectivity index (χ0n) is 14.4. The van der Waals surface area contributed by atoms with E-state index in [0.717, 1.165) is 5.56 Å². The Morgan fingerprint density at radius 3 is 2.62 bits per heavy atom. The van der Waals surface area contributed by atoms with Gasteiger partial charge in [-0.15, -0.1) is 0 Å². The number of rotatable bonds is 5. The van der Waals surface area contributed by atoms with Gasteiger partial charge in [0.2, 0.25) is 0 Å². The van der Waals surface area contributed by atoms with Crippen molar-refractivity contribution in [3.63, 3.8) is 0 Å². The lowest BCUT2D eigenvalue weighted by atomic mass is 10.1. The largest absolute Gasteiger partial charge is 0.507 e. The Labute approximate surface area is 149 Å². The van der Waals surface area contributed by atoms with E-state index in [1.807, 2.05) is 30.3 Å². The van der Waals surface area contributed by atoms with Gasteiger partial charge in [0.05, 0.1) is 6.61 Å². The highest BCUT2D eigenvalue weighted by Gasteiger charge is 2.18.